The van der Waals surface area contributed by atoms with E-state index in [-0.39, 0.29) is 5.60 Å². The summed E-state index contributed by atoms with van der Waals surface area (Å²) in [5.41, 5.74) is -0.116. The van der Waals surface area contributed by atoms with Crippen molar-refractivity contribution in [2.24, 2.45) is 0 Å². The molecule has 0 bridgehead atoms. The first-order valence-electron chi connectivity index (χ1n) is 3.73. The maximum absolute atomic E-state index is 5.23. The Bertz CT molecular complexity index is 100. The summed E-state index contributed by atoms with van der Waals surface area (Å²) in [7, 11) is 0. The molecule has 0 N–H and O–H groups in total. The van der Waals surface area contributed by atoms with Crippen molar-refractivity contribution in [3.05, 3.63) is 6.79 Å². The monoisotopic (exact) mass is 143 g/mol. The summed E-state index contributed by atoms with van der Waals surface area (Å²) in [6, 6.07) is 0. The van der Waals surface area contributed by atoms with Crippen LogP contribution in [0.15, 0.2) is 0 Å². The van der Waals surface area contributed by atoms with Gasteiger partial charge in [0.15, 0.2) is 0 Å². The van der Waals surface area contributed by atoms with Gasteiger partial charge in [-0.25, -0.2) is 0 Å². The van der Waals surface area contributed by atoms with Crippen molar-refractivity contribution in [1.29, 1.82) is 0 Å². The lowest BCUT2D eigenvalue weighted by molar-refractivity contribution is -0.0616. The van der Waals surface area contributed by atoms with Gasteiger partial charge in [-0.2, -0.15) is 0 Å². The molecule has 0 amide bonds. The van der Waals surface area contributed by atoms with Crippen LogP contribution in [0.1, 0.15) is 33.6 Å². The lowest BCUT2D eigenvalue weighted by Gasteiger charge is -2.18. The first-order chi connectivity index (χ1) is 4.58. The molecule has 10 heavy (non-hydrogen) atoms. The van der Waals surface area contributed by atoms with E-state index in [1.165, 1.54) is 19.6 Å². The van der Waals surface area contributed by atoms with Gasteiger partial charge in [-0.15, -0.1) is 0 Å². The lowest BCUT2D eigenvalue weighted by Crippen LogP contribution is -2.18. The standard InChI is InChI=1S/C8H15O2/c1-8(2,3)10-6-9-7-4-5-7/h6-7H,4-5H2,1-3H3. The molecule has 0 aliphatic heterocycles. The third-order valence-corrected chi connectivity index (χ3v) is 1.17. The molecule has 0 atom stereocenters. The minimum absolute atomic E-state index is 0.116. The minimum atomic E-state index is -0.116. The van der Waals surface area contributed by atoms with Crippen LogP contribution in [0.3, 0.4) is 0 Å². The van der Waals surface area contributed by atoms with Gasteiger partial charge < -0.3 is 9.47 Å². The zero-order chi connectivity index (χ0) is 7.61. The van der Waals surface area contributed by atoms with Crippen LogP contribution in [0.4, 0.5) is 0 Å². The van der Waals surface area contributed by atoms with E-state index in [1.807, 2.05) is 20.8 Å². The molecular weight excluding hydrogens is 128 g/mol. The van der Waals surface area contributed by atoms with Crippen molar-refractivity contribution in [2.45, 2.75) is 45.3 Å². The van der Waals surface area contributed by atoms with E-state index in [9.17, 15) is 0 Å². The topological polar surface area (TPSA) is 18.5 Å². The fourth-order valence-electron chi connectivity index (χ4n) is 0.455. The predicted octanol–water partition coefficient (Wildman–Crippen LogP) is 2.10. The molecule has 1 radical (unpaired) electrons. The van der Waals surface area contributed by atoms with Gasteiger partial charge in [0, 0.05) is 0 Å². The van der Waals surface area contributed by atoms with Crippen LogP contribution in [0, 0.1) is 6.79 Å². The molecule has 59 valence electrons. The number of hydrogen-bond acceptors (Lipinski definition) is 2. The second-order valence-corrected chi connectivity index (χ2v) is 3.66. The average Bonchev–Trinajstić information content (AvgIpc) is 2.45. The molecule has 0 aromatic heterocycles. The second-order valence-electron chi connectivity index (χ2n) is 3.66. The van der Waals surface area contributed by atoms with Gasteiger partial charge >= 0.3 is 0 Å². The van der Waals surface area contributed by atoms with E-state index in [0.717, 1.165) is 0 Å². The molecule has 1 saturated carbocycles. The molecule has 0 aromatic rings. The first kappa shape index (κ1) is 8.02. The molecule has 1 rings (SSSR count). The number of rotatable bonds is 3. The van der Waals surface area contributed by atoms with Gasteiger partial charge in [-0.05, 0) is 33.6 Å². The quantitative estimate of drug-likeness (QED) is 0.602. The fraction of sp³-hybridized carbons (Fsp3) is 0.875. The van der Waals surface area contributed by atoms with Crippen molar-refractivity contribution in [1.82, 2.24) is 0 Å². The van der Waals surface area contributed by atoms with Crippen LogP contribution in [0.2, 0.25) is 0 Å². The molecule has 0 saturated heterocycles. The maximum Gasteiger partial charge on any atom is 0.210 e. The van der Waals surface area contributed by atoms with Gasteiger partial charge in [-0.1, -0.05) is 0 Å². The highest BCUT2D eigenvalue weighted by Gasteiger charge is 2.23. The number of hydrogen-bond donors (Lipinski definition) is 0. The summed E-state index contributed by atoms with van der Waals surface area (Å²) in [4.78, 5) is 0. The highest BCUT2D eigenvalue weighted by molar-refractivity contribution is 4.74. The first-order valence-corrected chi connectivity index (χ1v) is 3.73. The third-order valence-electron chi connectivity index (χ3n) is 1.17. The Morgan fingerprint density at radius 3 is 2.30 bits per heavy atom. The molecule has 0 aromatic carbocycles. The fourth-order valence-corrected chi connectivity index (χ4v) is 0.455. The van der Waals surface area contributed by atoms with Crippen molar-refractivity contribution >= 4 is 0 Å². The van der Waals surface area contributed by atoms with Gasteiger partial charge in [0.05, 0.1) is 11.7 Å². The van der Waals surface area contributed by atoms with Gasteiger partial charge in [0.2, 0.25) is 6.79 Å². The van der Waals surface area contributed by atoms with Crippen LogP contribution >= 0.6 is 0 Å². The van der Waals surface area contributed by atoms with E-state index < -0.39 is 0 Å². The summed E-state index contributed by atoms with van der Waals surface area (Å²) in [6.07, 6.45) is 2.82. The molecule has 1 aliphatic carbocycles. The van der Waals surface area contributed by atoms with E-state index in [2.05, 4.69) is 0 Å². The summed E-state index contributed by atoms with van der Waals surface area (Å²) in [6.45, 7) is 7.47. The average molecular weight is 143 g/mol. The SMILES string of the molecule is CC(C)(C)O[CH]OC1CC1. The Morgan fingerprint density at radius 1 is 1.30 bits per heavy atom. The summed E-state index contributed by atoms with van der Waals surface area (Å²) < 4.78 is 10.4. The molecule has 1 aliphatic rings. The molecular formula is C8H15O2. The smallest absolute Gasteiger partial charge is 0.210 e. The van der Waals surface area contributed by atoms with E-state index in [4.69, 9.17) is 9.47 Å². The van der Waals surface area contributed by atoms with E-state index in [1.54, 1.807) is 0 Å². The Kier molecular flexibility index (Phi) is 2.32. The normalized spacial score (nSPS) is 19.5. The molecule has 1 fully saturated rings. The van der Waals surface area contributed by atoms with Crippen molar-refractivity contribution in [2.75, 3.05) is 0 Å². The van der Waals surface area contributed by atoms with Crippen LogP contribution in [-0.4, -0.2) is 11.7 Å². The number of ether oxygens (including phenoxy) is 2. The van der Waals surface area contributed by atoms with Crippen molar-refractivity contribution in [3.8, 4) is 0 Å². The lowest BCUT2D eigenvalue weighted by atomic mass is 10.2. The summed E-state index contributed by atoms with van der Waals surface area (Å²) in [5.74, 6) is 0. The highest BCUT2D eigenvalue weighted by atomic mass is 16.7. The predicted molar refractivity (Wildman–Crippen MR) is 39.2 cm³/mol. The third kappa shape index (κ3) is 3.85. The second kappa shape index (κ2) is 2.89. The van der Waals surface area contributed by atoms with Gasteiger partial charge in [0.25, 0.3) is 0 Å². The maximum atomic E-state index is 5.23. The van der Waals surface area contributed by atoms with Crippen LogP contribution < -0.4 is 0 Å². The largest absolute Gasteiger partial charge is 0.345 e. The zero-order valence-corrected chi connectivity index (χ0v) is 6.89. The summed E-state index contributed by atoms with van der Waals surface area (Å²) >= 11 is 0. The Hall–Kier alpha value is -0.0800. The van der Waals surface area contributed by atoms with Crippen LogP contribution in [0.5, 0.6) is 0 Å². The molecule has 2 heteroatoms. The molecule has 2 nitrogen and oxygen atoms in total. The van der Waals surface area contributed by atoms with E-state index in [0.29, 0.717) is 6.10 Å². The minimum Gasteiger partial charge on any atom is -0.345 e. The zero-order valence-electron chi connectivity index (χ0n) is 6.89. The van der Waals surface area contributed by atoms with Crippen LogP contribution in [0.25, 0.3) is 0 Å². The van der Waals surface area contributed by atoms with E-state index >= 15 is 0 Å². The highest BCUT2D eigenvalue weighted by Crippen LogP contribution is 2.25. The van der Waals surface area contributed by atoms with Crippen molar-refractivity contribution < 1.29 is 9.47 Å². The molecule has 0 unspecified atom stereocenters. The van der Waals surface area contributed by atoms with Crippen LogP contribution in [-0.2, 0) is 9.47 Å². The van der Waals surface area contributed by atoms with Crippen molar-refractivity contribution in [3.63, 3.8) is 0 Å². The Balaban J connectivity index is 1.93. The van der Waals surface area contributed by atoms with Gasteiger partial charge in [-0.3, -0.25) is 0 Å². The summed E-state index contributed by atoms with van der Waals surface area (Å²) in [5, 5.41) is 0. The molecule has 0 spiro atoms. The van der Waals surface area contributed by atoms with Gasteiger partial charge in [0.1, 0.15) is 0 Å². The Morgan fingerprint density at radius 2 is 1.90 bits per heavy atom. The molecule has 0 heterocycles. The Labute approximate surface area is 62.5 Å².